The molecule has 0 fully saturated rings. The van der Waals surface area contributed by atoms with Gasteiger partial charge in [-0.3, -0.25) is 4.79 Å². The first-order chi connectivity index (χ1) is 4.27. The lowest BCUT2D eigenvalue weighted by atomic mass is 11.0. The molecule has 0 spiro atoms. The highest BCUT2D eigenvalue weighted by Crippen LogP contribution is 1.52. The predicted octanol–water partition coefficient (Wildman–Crippen LogP) is 1.31. The van der Waals surface area contributed by atoms with E-state index in [0.29, 0.717) is 0 Å². The standard InChI is InChI=1S/C3H7NO.2C2H4/c1-4(2)3-5;2*1-2/h3H,1-2H3;2*1-2H2. The maximum Gasteiger partial charge on any atom is 0.209 e. The van der Waals surface area contributed by atoms with Crippen LogP contribution in [0.2, 0.25) is 0 Å². The summed E-state index contributed by atoms with van der Waals surface area (Å²) in [6.07, 6.45) is 0.750. The van der Waals surface area contributed by atoms with E-state index < -0.39 is 0 Å². The Kier molecular flexibility index (Phi) is 49.2. The second-order valence-corrected chi connectivity index (χ2v) is 1.07. The van der Waals surface area contributed by atoms with Crippen LogP contribution in [0.3, 0.4) is 0 Å². The van der Waals surface area contributed by atoms with Gasteiger partial charge >= 0.3 is 0 Å². The summed E-state index contributed by atoms with van der Waals surface area (Å²) in [4.78, 5) is 10.9. The van der Waals surface area contributed by atoms with Gasteiger partial charge in [-0.25, -0.2) is 0 Å². The molecule has 0 aromatic carbocycles. The average molecular weight is 129 g/mol. The summed E-state index contributed by atoms with van der Waals surface area (Å²) >= 11 is 0. The zero-order chi connectivity index (χ0) is 8.28. The van der Waals surface area contributed by atoms with Gasteiger partial charge in [-0.15, -0.1) is 26.3 Å². The van der Waals surface area contributed by atoms with Gasteiger partial charge in [-0.05, 0) is 0 Å². The molecule has 0 atom stereocenters. The van der Waals surface area contributed by atoms with Gasteiger partial charge in [0.1, 0.15) is 0 Å². The van der Waals surface area contributed by atoms with Crippen LogP contribution in [0.1, 0.15) is 0 Å². The topological polar surface area (TPSA) is 20.3 Å². The zero-order valence-electron chi connectivity index (χ0n) is 6.26. The van der Waals surface area contributed by atoms with Crippen LogP contribution < -0.4 is 0 Å². The van der Waals surface area contributed by atoms with E-state index in [4.69, 9.17) is 0 Å². The van der Waals surface area contributed by atoms with Gasteiger partial charge in [0.2, 0.25) is 6.41 Å². The molecule has 0 N–H and O–H groups in total. The van der Waals surface area contributed by atoms with Gasteiger partial charge in [0.05, 0.1) is 0 Å². The summed E-state index contributed by atoms with van der Waals surface area (Å²) < 4.78 is 0. The normalized spacial score (nSPS) is 4.67. The molecule has 2 nitrogen and oxygen atoms in total. The van der Waals surface area contributed by atoms with E-state index in [2.05, 4.69) is 26.3 Å². The third-order valence-electron chi connectivity index (χ3n) is 0.211. The molecule has 0 radical (unpaired) electrons. The first-order valence-electron chi connectivity index (χ1n) is 2.39. The zero-order valence-corrected chi connectivity index (χ0v) is 6.26. The summed E-state index contributed by atoms with van der Waals surface area (Å²) in [5, 5.41) is 0. The molecule has 0 aromatic heterocycles. The molecule has 0 bridgehead atoms. The number of rotatable bonds is 1. The van der Waals surface area contributed by atoms with Gasteiger partial charge in [-0.1, -0.05) is 0 Å². The monoisotopic (exact) mass is 129 g/mol. The van der Waals surface area contributed by atoms with Crippen molar-refractivity contribution in [3.8, 4) is 0 Å². The lowest BCUT2D eigenvalue weighted by molar-refractivity contribution is -0.115. The lowest BCUT2D eigenvalue weighted by Gasteiger charge is -1.93. The molecule has 0 saturated heterocycles. The number of carbonyl (C=O) groups is 1. The van der Waals surface area contributed by atoms with Crippen molar-refractivity contribution in [2.45, 2.75) is 0 Å². The maximum absolute atomic E-state index is 9.43. The van der Waals surface area contributed by atoms with Crippen molar-refractivity contribution in [3.05, 3.63) is 26.3 Å². The molecule has 0 aromatic rings. The first kappa shape index (κ1) is 15.7. The number of carbonyl (C=O) groups excluding carboxylic acids is 1. The Morgan fingerprint density at radius 1 is 1.11 bits per heavy atom. The summed E-state index contributed by atoms with van der Waals surface area (Å²) in [6.45, 7) is 12.0. The largest absolute Gasteiger partial charge is 0.351 e. The van der Waals surface area contributed by atoms with E-state index in [-0.39, 0.29) is 0 Å². The van der Waals surface area contributed by atoms with Crippen molar-refractivity contribution in [1.82, 2.24) is 4.90 Å². The summed E-state index contributed by atoms with van der Waals surface area (Å²) in [5.41, 5.74) is 0. The molecular formula is C7H15NO. The van der Waals surface area contributed by atoms with Gasteiger partial charge in [0, 0.05) is 14.1 Å². The summed E-state index contributed by atoms with van der Waals surface area (Å²) in [6, 6.07) is 0. The fourth-order valence-electron chi connectivity index (χ4n) is 0. The highest BCUT2D eigenvalue weighted by molar-refractivity contribution is 5.45. The number of nitrogens with zero attached hydrogens (tertiary/aromatic N) is 1. The Bertz CT molecular complexity index is 50.9. The molecule has 0 aliphatic heterocycles. The molecule has 0 rings (SSSR count). The van der Waals surface area contributed by atoms with Crippen LogP contribution >= 0.6 is 0 Å². The second kappa shape index (κ2) is 28.3. The third-order valence-corrected chi connectivity index (χ3v) is 0.211. The first-order valence-corrected chi connectivity index (χ1v) is 2.39. The Labute approximate surface area is 57.5 Å². The van der Waals surface area contributed by atoms with Gasteiger partial charge in [0.15, 0.2) is 0 Å². The minimum Gasteiger partial charge on any atom is -0.351 e. The van der Waals surface area contributed by atoms with Crippen molar-refractivity contribution < 1.29 is 4.79 Å². The molecule has 0 aliphatic rings. The van der Waals surface area contributed by atoms with Crippen molar-refractivity contribution >= 4 is 6.41 Å². The third kappa shape index (κ3) is 189. The second-order valence-electron chi connectivity index (χ2n) is 1.07. The maximum atomic E-state index is 9.43. The molecule has 0 unspecified atom stereocenters. The van der Waals surface area contributed by atoms with Crippen molar-refractivity contribution in [3.63, 3.8) is 0 Å². The number of hydrogen-bond acceptors (Lipinski definition) is 1. The fourth-order valence-corrected chi connectivity index (χ4v) is 0. The SMILES string of the molecule is C=C.C=C.CN(C)C=O. The molecule has 0 aliphatic carbocycles. The van der Waals surface area contributed by atoms with Crippen LogP contribution in [0, 0.1) is 0 Å². The van der Waals surface area contributed by atoms with Gasteiger partial charge < -0.3 is 4.90 Å². The van der Waals surface area contributed by atoms with E-state index in [1.54, 1.807) is 14.1 Å². The number of hydrogen-bond donors (Lipinski definition) is 0. The van der Waals surface area contributed by atoms with E-state index in [1.165, 1.54) is 4.90 Å². The Balaban J connectivity index is -0.0000000771. The fraction of sp³-hybridized carbons (Fsp3) is 0.286. The molecule has 9 heavy (non-hydrogen) atoms. The predicted molar refractivity (Wildman–Crippen MR) is 42.3 cm³/mol. The van der Waals surface area contributed by atoms with Crippen LogP contribution in [0.5, 0.6) is 0 Å². The van der Waals surface area contributed by atoms with E-state index in [0.717, 1.165) is 6.41 Å². The highest BCUT2D eigenvalue weighted by atomic mass is 16.1. The summed E-state index contributed by atoms with van der Waals surface area (Å²) in [5.74, 6) is 0. The van der Waals surface area contributed by atoms with Gasteiger partial charge in [0.25, 0.3) is 0 Å². The van der Waals surface area contributed by atoms with Crippen molar-refractivity contribution in [1.29, 1.82) is 0 Å². The van der Waals surface area contributed by atoms with Crippen molar-refractivity contribution in [2.75, 3.05) is 14.1 Å². The van der Waals surface area contributed by atoms with Gasteiger partial charge in [-0.2, -0.15) is 0 Å². The molecule has 0 heterocycles. The molecule has 1 amide bonds. The van der Waals surface area contributed by atoms with Crippen LogP contribution in [0.4, 0.5) is 0 Å². The van der Waals surface area contributed by atoms with Crippen molar-refractivity contribution in [2.24, 2.45) is 0 Å². The quantitative estimate of drug-likeness (QED) is 0.386. The van der Waals surface area contributed by atoms with Crippen LogP contribution in [0.25, 0.3) is 0 Å². The summed E-state index contributed by atoms with van der Waals surface area (Å²) in [7, 11) is 3.38. The molecule has 54 valence electrons. The Morgan fingerprint density at radius 3 is 1.22 bits per heavy atom. The van der Waals surface area contributed by atoms with E-state index in [9.17, 15) is 4.79 Å². The van der Waals surface area contributed by atoms with E-state index >= 15 is 0 Å². The number of amides is 1. The molecule has 2 heteroatoms. The minimum absolute atomic E-state index is 0.750. The average Bonchev–Trinajstić information content (AvgIpc) is 1.97. The molecule has 0 saturated carbocycles. The Morgan fingerprint density at radius 2 is 1.22 bits per heavy atom. The van der Waals surface area contributed by atoms with E-state index in [1.807, 2.05) is 0 Å². The van der Waals surface area contributed by atoms with Crippen LogP contribution in [-0.2, 0) is 4.79 Å². The Hall–Kier alpha value is -1.05. The highest BCUT2D eigenvalue weighted by Gasteiger charge is 1.68. The smallest absolute Gasteiger partial charge is 0.209 e. The van der Waals surface area contributed by atoms with Crippen LogP contribution in [-0.4, -0.2) is 25.4 Å². The minimum atomic E-state index is 0.750. The lowest BCUT2D eigenvalue weighted by Crippen LogP contribution is -2.06. The molecular weight excluding hydrogens is 114 g/mol. The van der Waals surface area contributed by atoms with Crippen LogP contribution in [0.15, 0.2) is 26.3 Å².